The number of guanidine groups is 1. The Kier molecular flexibility index (Phi) is 7.42. The number of sulfonamides is 1. The molecule has 0 aromatic heterocycles. The minimum absolute atomic E-state index is 0.0104. The van der Waals surface area contributed by atoms with Crippen molar-refractivity contribution in [1.82, 2.24) is 14.9 Å². The molecule has 1 aliphatic rings. The maximum absolute atomic E-state index is 12.6. The molecule has 0 radical (unpaired) electrons. The first-order valence-electron chi connectivity index (χ1n) is 8.24. The highest BCUT2D eigenvalue weighted by molar-refractivity contribution is 7.88. The van der Waals surface area contributed by atoms with E-state index in [2.05, 4.69) is 22.2 Å². The van der Waals surface area contributed by atoms with Crippen LogP contribution in [0.4, 0.5) is 0 Å². The van der Waals surface area contributed by atoms with Crippen LogP contribution in [0.25, 0.3) is 0 Å². The lowest BCUT2D eigenvalue weighted by Crippen LogP contribution is -2.41. The molecule has 2 rings (SSSR count). The highest BCUT2D eigenvalue weighted by atomic mass is 32.2. The Hall–Kier alpha value is -1.90. The molecule has 1 aliphatic heterocycles. The average molecular weight is 366 g/mol. The van der Waals surface area contributed by atoms with E-state index in [4.69, 9.17) is 4.74 Å². The third kappa shape index (κ3) is 5.84. The molecular formula is C17H26N4O3S. The second kappa shape index (κ2) is 9.55. The number of aliphatic imine (C=N–C) groups is 1. The summed E-state index contributed by atoms with van der Waals surface area (Å²) in [5.41, 5.74) is 1.72. The van der Waals surface area contributed by atoms with Gasteiger partial charge in [0.1, 0.15) is 0 Å². The van der Waals surface area contributed by atoms with Gasteiger partial charge in [0.05, 0.1) is 19.0 Å². The van der Waals surface area contributed by atoms with Crippen molar-refractivity contribution in [3.63, 3.8) is 0 Å². The van der Waals surface area contributed by atoms with Crippen molar-refractivity contribution < 1.29 is 13.2 Å². The number of hydrogen-bond donors (Lipinski definition) is 2. The third-order valence-electron chi connectivity index (χ3n) is 3.90. The molecule has 0 amide bonds. The van der Waals surface area contributed by atoms with Crippen molar-refractivity contribution in [2.45, 2.75) is 12.3 Å². The van der Waals surface area contributed by atoms with Crippen molar-refractivity contribution in [2.75, 3.05) is 39.9 Å². The van der Waals surface area contributed by atoms with Crippen LogP contribution < -0.4 is 10.6 Å². The van der Waals surface area contributed by atoms with Gasteiger partial charge in [0, 0.05) is 33.2 Å². The highest BCUT2D eigenvalue weighted by Gasteiger charge is 2.25. The van der Waals surface area contributed by atoms with Gasteiger partial charge in [-0.1, -0.05) is 30.3 Å². The Morgan fingerprint density at radius 2 is 1.96 bits per heavy atom. The van der Waals surface area contributed by atoms with Crippen LogP contribution in [0.3, 0.4) is 0 Å². The molecule has 7 nitrogen and oxygen atoms in total. The quantitative estimate of drug-likeness (QED) is 0.422. The number of benzene rings is 1. The summed E-state index contributed by atoms with van der Waals surface area (Å²) in [5.74, 6) is 0.634. The summed E-state index contributed by atoms with van der Waals surface area (Å²) in [6.45, 7) is 6.49. The van der Waals surface area contributed by atoms with Crippen LogP contribution >= 0.6 is 0 Å². The van der Waals surface area contributed by atoms with Crippen molar-refractivity contribution in [1.29, 1.82) is 0 Å². The monoisotopic (exact) mass is 366 g/mol. The third-order valence-corrected chi connectivity index (χ3v) is 5.73. The molecule has 0 aliphatic carbocycles. The van der Waals surface area contributed by atoms with Crippen LogP contribution in [0, 0.1) is 0 Å². The fourth-order valence-corrected chi connectivity index (χ4v) is 4.11. The maximum Gasteiger partial charge on any atom is 0.218 e. The molecule has 25 heavy (non-hydrogen) atoms. The van der Waals surface area contributed by atoms with E-state index < -0.39 is 10.0 Å². The fourth-order valence-electron chi connectivity index (χ4n) is 2.55. The van der Waals surface area contributed by atoms with Gasteiger partial charge in [-0.05, 0) is 11.1 Å². The Morgan fingerprint density at radius 3 is 2.60 bits per heavy atom. The van der Waals surface area contributed by atoms with Gasteiger partial charge in [0.2, 0.25) is 10.0 Å². The standard InChI is InChI=1S/C17H26N4O3S/c1-3-8-19-17(18-2)20-13-15-6-4-5-7-16(15)14-25(22,23)21-9-11-24-12-10-21/h3-7H,1,8-14H2,2H3,(H2,18,19,20). The summed E-state index contributed by atoms with van der Waals surface area (Å²) in [6, 6.07) is 7.55. The number of ether oxygens (including phenoxy) is 1. The Balaban J connectivity index is 2.05. The predicted molar refractivity (Wildman–Crippen MR) is 99.9 cm³/mol. The van der Waals surface area contributed by atoms with Gasteiger partial charge in [-0.25, -0.2) is 8.42 Å². The van der Waals surface area contributed by atoms with Crippen molar-refractivity contribution >= 4 is 16.0 Å². The van der Waals surface area contributed by atoms with Crippen LogP contribution in [0.2, 0.25) is 0 Å². The minimum atomic E-state index is -3.35. The van der Waals surface area contributed by atoms with Gasteiger partial charge in [-0.3, -0.25) is 4.99 Å². The van der Waals surface area contributed by atoms with E-state index in [1.165, 1.54) is 4.31 Å². The van der Waals surface area contributed by atoms with Gasteiger partial charge >= 0.3 is 0 Å². The van der Waals surface area contributed by atoms with E-state index in [0.717, 1.165) is 11.1 Å². The minimum Gasteiger partial charge on any atom is -0.379 e. The maximum atomic E-state index is 12.6. The number of rotatable bonds is 7. The summed E-state index contributed by atoms with van der Waals surface area (Å²) < 4.78 is 32.0. The largest absolute Gasteiger partial charge is 0.379 e. The average Bonchev–Trinajstić information content (AvgIpc) is 2.63. The molecule has 0 unspecified atom stereocenters. The SMILES string of the molecule is C=CCNC(=NC)NCc1ccccc1CS(=O)(=O)N1CCOCC1. The molecule has 1 aromatic rings. The van der Waals surface area contributed by atoms with Crippen molar-refractivity contribution in [3.05, 3.63) is 48.0 Å². The van der Waals surface area contributed by atoms with Crippen LogP contribution in [-0.4, -0.2) is 58.6 Å². The summed E-state index contributed by atoms with van der Waals surface area (Å²) in [7, 11) is -1.66. The normalized spacial score (nSPS) is 16.4. The topological polar surface area (TPSA) is 83.0 Å². The molecule has 1 aromatic carbocycles. The van der Waals surface area contributed by atoms with Crippen LogP contribution in [-0.2, 0) is 27.1 Å². The summed E-state index contributed by atoms with van der Waals surface area (Å²) >= 11 is 0. The lowest BCUT2D eigenvalue weighted by molar-refractivity contribution is 0.0729. The van der Waals surface area contributed by atoms with Crippen LogP contribution in [0.5, 0.6) is 0 Å². The van der Waals surface area contributed by atoms with Gasteiger partial charge in [0.15, 0.2) is 5.96 Å². The van der Waals surface area contributed by atoms with Crippen molar-refractivity contribution in [2.24, 2.45) is 4.99 Å². The smallest absolute Gasteiger partial charge is 0.218 e. The number of nitrogens with zero attached hydrogens (tertiary/aromatic N) is 2. The van der Waals surface area contributed by atoms with Gasteiger partial charge in [0.25, 0.3) is 0 Å². The van der Waals surface area contributed by atoms with Crippen LogP contribution in [0.15, 0.2) is 41.9 Å². The first kappa shape index (κ1) is 19.4. The summed E-state index contributed by atoms with van der Waals surface area (Å²) in [6.07, 6.45) is 1.75. The second-order valence-electron chi connectivity index (χ2n) is 5.63. The van der Waals surface area contributed by atoms with E-state index in [-0.39, 0.29) is 5.75 Å². The molecule has 138 valence electrons. The Morgan fingerprint density at radius 1 is 1.28 bits per heavy atom. The lowest BCUT2D eigenvalue weighted by atomic mass is 10.1. The molecule has 1 saturated heterocycles. The molecule has 8 heteroatoms. The molecule has 0 spiro atoms. The van der Waals surface area contributed by atoms with E-state index in [1.54, 1.807) is 13.1 Å². The van der Waals surface area contributed by atoms with Crippen molar-refractivity contribution in [3.8, 4) is 0 Å². The summed E-state index contributed by atoms with van der Waals surface area (Å²) in [5, 5.41) is 6.28. The number of hydrogen-bond acceptors (Lipinski definition) is 4. The Labute approximate surface area is 149 Å². The molecule has 1 fully saturated rings. The zero-order valence-electron chi connectivity index (χ0n) is 14.6. The lowest BCUT2D eigenvalue weighted by Gasteiger charge is -2.26. The molecular weight excluding hydrogens is 340 g/mol. The molecule has 1 heterocycles. The van der Waals surface area contributed by atoms with Gasteiger partial charge < -0.3 is 15.4 Å². The van der Waals surface area contributed by atoms with E-state index in [1.807, 2.05) is 24.3 Å². The van der Waals surface area contributed by atoms with Gasteiger partial charge in [-0.15, -0.1) is 6.58 Å². The predicted octanol–water partition coefficient (Wildman–Crippen LogP) is 0.700. The van der Waals surface area contributed by atoms with Gasteiger partial charge in [-0.2, -0.15) is 4.31 Å². The molecule has 0 bridgehead atoms. The summed E-state index contributed by atoms with van der Waals surface area (Å²) in [4.78, 5) is 4.12. The number of nitrogens with one attached hydrogen (secondary N) is 2. The Bertz CT molecular complexity index is 698. The highest BCUT2D eigenvalue weighted by Crippen LogP contribution is 2.16. The van der Waals surface area contributed by atoms with E-state index in [9.17, 15) is 8.42 Å². The fraction of sp³-hybridized carbons (Fsp3) is 0.471. The molecule has 0 atom stereocenters. The zero-order chi connectivity index (χ0) is 18.1. The molecule has 0 saturated carbocycles. The first-order chi connectivity index (χ1) is 12.1. The first-order valence-corrected chi connectivity index (χ1v) is 9.85. The second-order valence-corrected chi connectivity index (χ2v) is 7.60. The van der Waals surface area contributed by atoms with E-state index >= 15 is 0 Å². The van der Waals surface area contributed by atoms with E-state index in [0.29, 0.717) is 45.4 Å². The zero-order valence-corrected chi connectivity index (χ0v) is 15.4. The van der Waals surface area contributed by atoms with Crippen LogP contribution in [0.1, 0.15) is 11.1 Å². The molecule has 2 N–H and O–H groups in total. The number of morpholine rings is 1.